The number of morpholine rings is 1. The summed E-state index contributed by atoms with van der Waals surface area (Å²) in [6.07, 6.45) is 2.20. The highest BCUT2D eigenvalue weighted by atomic mass is 32.1. The number of benzene rings is 2. The van der Waals surface area contributed by atoms with E-state index in [1.807, 2.05) is 47.8 Å². The molecule has 0 saturated carbocycles. The number of amides is 1. The maximum Gasteiger partial charge on any atom is 0.246 e. The van der Waals surface area contributed by atoms with Gasteiger partial charge >= 0.3 is 0 Å². The highest BCUT2D eigenvalue weighted by Crippen LogP contribution is 2.32. The van der Waals surface area contributed by atoms with E-state index in [1.165, 1.54) is 0 Å². The fourth-order valence-electron chi connectivity index (χ4n) is 5.14. The molecule has 7 nitrogen and oxygen atoms in total. The van der Waals surface area contributed by atoms with Gasteiger partial charge in [-0.2, -0.15) is 11.3 Å². The lowest BCUT2D eigenvalue weighted by Crippen LogP contribution is -2.39. The van der Waals surface area contributed by atoms with E-state index in [2.05, 4.69) is 27.4 Å². The first-order valence-electron chi connectivity index (χ1n) is 12.5. The molecule has 2 aliphatic heterocycles. The van der Waals surface area contributed by atoms with Gasteiger partial charge in [0.25, 0.3) is 0 Å². The number of rotatable bonds is 7. The largest absolute Gasteiger partial charge is 0.398 e. The van der Waals surface area contributed by atoms with E-state index in [0.29, 0.717) is 28.7 Å². The fourth-order valence-corrected chi connectivity index (χ4v) is 5.82. The number of carbonyl (C=O) groups excluding carboxylic acids is 1. The molecule has 2 aliphatic rings. The Morgan fingerprint density at radius 3 is 2.58 bits per heavy atom. The summed E-state index contributed by atoms with van der Waals surface area (Å²) in [4.78, 5) is 18.1. The topological polar surface area (TPSA) is 94.7 Å². The van der Waals surface area contributed by atoms with E-state index in [1.54, 1.807) is 17.4 Å². The van der Waals surface area contributed by atoms with Gasteiger partial charge in [0.15, 0.2) is 0 Å². The van der Waals surface area contributed by atoms with Gasteiger partial charge in [-0.3, -0.25) is 15.1 Å². The van der Waals surface area contributed by atoms with Crippen molar-refractivity contribution in [3.8, 4) is 0 Å². The molecule has 188 valence electrons. The van der Waals surface area contributed by atoms with Gasteiger partial charge in [0, 0.05) is 47.3 Å². The van der Waals surface area contributed by atoms with E-state index in [9.17, 15) is 4.79 Å². The van der Waals surface area contributed by atoms with Crippen LogP contribution in [0.4, 0.5) is 17.1 Å². The number of ether oxygens (including phenoxy) is 1. The molecule has 3 aromatic rings. The minimum absolute atomic E-state index is 0.0562. The summed E-state index contributed by atoms with van der Waals surface area (Å²) in [7, 11) is 0. The van der Waals surface area contributed by atoms with Crippen LogP contribution >= 0.6 is 11.3 Å². The zero-order chi connectivity index (χ0) is 25.1. The molecular weight excluding hydrogens is 470 g/mol. The Kier molecular flexibility index (Phi) is 7.36. The quantitative estimate of drug-likeness (QED) is 0.320. The van der Waals surface area contributed by atoms with E-state index in [4.69, 9.17) is 15.9 Å². The van der Waals surface area contributed by atoms with Crippen LogP contribution in [0.2, 0.25) is 0 Å². The van der Waals surface area contributed by atoms with Crippen molar-refractivity contribution >= 4 is 40.0 Å². The SMILES string of the molecule is CC1CCCN1C(C(=O)Nc1ccc(N)c(C(=N)c2ccc(N3CCOCC3)cc2)c1)c1ccsc1. The molecule has 36 heavy (non-hydrogen) atoms. The smallest absolute Gasteiger partial charge is 0.246 e. The molecule has 0 bridgehead atoms. The summed E-state index contributed by atoms with van der Waals surface area (Å²) in [5, 5.41) is 16.0. The molecule has 2 aromatic carbocycles. The van der Waals surface area contributed by atoms with Crippen LogP contribution in [-0.4, -0.2) is 55.4 Å². The molecule has 8 heteroatoms. The number of nitrogens with one attached hydrogen (secondary N) is 2. The molecular formula is C28H33N5O2S. The fraction of sp³-hybridized carbons (Fsp3) is 0.357. The Labute approximate surface area is 216 Å². The molecule has 1 amide bonds. The third-order valence-corrected chi connectivity index (χ3v) is 7.87. The zero-order valence-electron chi connectivity index (χ0n) is 20.6. The van der Waals surface area contributed by atoms with Gasteiger partial charge in [0.1, 0.15) is 6.04 Å². The summed E-state index contributed by atoms with van der Waals surface area (Å²) in [5.74, 6) is -0.0562. The average molecular weight is 504 g/mol. The normalized spacial score (nSPS) is 19.2. The van der Waals surface area contributed by atoms with E-state index >= 15 is 0 Å². The summed E-state index contributed by atoms with van der Waals surface area (Å²) in [6.45, 7) is 6.30. The molecule has 2 fully saturated rings. The van der Waals surface area contributed by atoms with Gasteiger partial charge in [-0.25, -0.2) is 0 Å². The van der Waals surface area contributed by atoms with Crippen LogP contribution in [0.25, 0.3) is 0 Å². The Bertz CT molecular complexity index is 1210. The van der Waals surface area contributed by atoms with Crippen LogP contribution < -0.4 is 16.0 Å². The lowest BCUT2D eigenvalue weighted by molar-refractivity contribution is -0.121. The Morgan fingerprint density at radius 2 is 1.92 bits per heavy atom. The van der Waals surface area contributed by atoms with Crippen molar-refractivity contribution in [2.45, 2.75) is 31.8 Å². The van der Waals surface area contributed by atoms with Gasteiger partial charge in [-0.1, -0.05) is 12.1 Å². The Balaban J connectivity index is 1.34. The van der Waals surface area contributed by atoms with Crippen LogP contribution in [0.5, 0.6) is 0 Å². The first-order valence-corrected chi connectivity index (χ1v) is 13.5. The van der Waals surface area contributed by atoms with Crippen LogP contribution in [-0.2, 0) is 9.53 Å². The first-order chi connectivity index (χ1) is 17.5. The van der Waals surface area contributed by atoms with Gasteiger partial charge in [0.05, 0.1) is 18.9 Å². The van der Waals surface area contributed by atoms with Crippen molar-refractivity contribution in [1.29, 1.82) is 5.41 Å². The van der Waals surface area contributed by atoms with Crippen molar-refractivity contribution in [3.05, 3.63) is 76.0 Å². The third-order valence-electron chi connectivity index (χ3n) is 7.17. The molecule has 2 unspecified atom stereocenters. The molecule has 2 saturated heterocycles. The standard InChI is InChI=1S/C28H33N5O2S/c1-19-3-2-11-33(19)27(21-10-16-36-18-21)28(34)31-22-6-9-25(29)24(17-22)26(30)20-4-7-23(8-5-20)32-12-14-35-15-13-32/h4-10,16-19,27,30H,2-3,11-15,29H2,1H3,(H,31,34). The van der Waals surface area contributed by atoms with Crippen molar-refractivity contribution in [2.24, 2.45) is 0 Å². The zero-order valence-corrected chi connectivity index (χ0v) is 21.4. The van der Waals surface area contributed by atoms with Crippen molar-refractivity contribution in [3.63, 3.8) is 0 Å². The average Bonchev–Trinajstić information content (AvgIpc) is 3.58. The number of nitrogens with two attached hydrogens (primary N) is 1. The van der Waals surface area contributed by atoms with Crippen molar-refractivity contribution < 1.29 is 9.53 Å². The molecule has 4 N–H and O–H groups in total. The molecule has 0 radical (unpaired) electrons. The summed E-state index contributed by atoms with van der Waals surface area (Å²) >= 11 is 1.61. The highest BCUT2D eigenvalue weighted by Gasteiger charge is 2.34. The lowest BCUT2D eigenvalue weighted by atomic mass is 9.99. The van der Waals surface area contributed by atoms with E-state index < -0.39 is 0 Å². The predicted octanol–water partition coefficient (Wildman–Crippen LogP) is 4.75. The van der Waals surface area contributed by atoms with E-state index in [-0.39, 0.29) is 11.9 Å². The molecule has 2 atom stereocenters. The summed E-state index contributed by atoms with van der Waals surface area (Å²) < 4.78 is 5.44. The van der Waals surface area contributed by atoms with Crippen LogP contribution in [0, 0.1) is 5.41 Å². The first kappa shape index (κ1) is 24.5. The number of nitrogen functional groups attached to an aromatic ring is 1. The number of hydrogen-bond acceptors (Lipinski definition) is 7. The van der Waals surface area contributed by atoms with Crippen molar-refractivity contribution in [2.75, 3.05) is 48.8 Å². The third kappa shape index (κ3) is 5.16. The van der Waals surface area contributed by atoms with E-state index in [0.717, 1.165) is 62.5 Å². The highest BCUT2D eigenvalue weighted by molar-refractivity contribution is 7.08. The Hall–Kier alpha value is -3.20. The Morgan fingerprint density at radius 1 is 1.14 bits per heavy atom. The molecule has 0 aliphatic carbocycles. The number of anilines is 3. The molecule has 1 aromatic heterocycles. The predicted molar refractivity (Wildman–Crippen MR) is 147 cm³/mol. The monoisotopic (exact) mass is 503 g/mol. The number of thiophene rings is 1. The molecule has 5 rings (SSSR count). The number of hydrogen-bond donors (Lipinski definition) is 3. The summed E-state index contributed by atoms with van der Waals surface area (Å²) in [5.41, 5.74) is 11.3. The molecule has 3 heterocycles. The van der Waals surface area contributed by atoms with Crippen molar-refractivity contribution in [1.82, 2.24) is 4.90 Å². The maximum atomic E-state index is 13.5. The van der Waals surface area contributed by atoms with Crippen LogP contribution in [0.3, 0.4) is 0 Å². The van der Waals surface area contributed by atoms with Gasteiger partial charge in [-0.05, 0) is 79.0 Å². The second kappa shape index (κ2) is 10.8. The molecule has 0 spiro atoms. The lowest BCUT2D eigenvalue weighted by Gasteiger charge is -2.30. The van der Waals surface area contributed by atoms with Gasteiger partial charge in [-0.15, -0.1) is 0 Å². The van der Waals surface area contributed by atoms with Gasteiger partial charge in [0.2, 0.25) is 5.91 Å². The summed E-state index contributed by atoms with van der Waals surface area (Å²) in [6, 6.07) is 15.4. The van der Waals surface area contributed by atoms with Crippen LogP contribution in [0.1, 0.15) is 42.5 Å². The van der Waals surface area contributed by atoms with Gasteiger partial charge < -0.3 is 20.7 Å². The van der Waals surface area contributed by atoms with Crippen LogP contribution in [0.15, 0.2) is 59.3 Å². The number of carbonyl (C=O) groups is 1. The second-order valence-corrected chi connectivity index (χ2v) is 10.3. The minimum Gasteiger partial charge on any atom is -0.398 e. The minimum atomic E-state index is -0.332. The maximum absolute atomic E-state index is 13.5. The number of nitrogens with zero attached hydrogens (tertiary/aromatic N) is 2. The second-order valence-electron chi connectivity index (χ2n) is 9.50. The number of likely N-dealkylation sites (tertiary alicyclic amines) is 1.